The van der Waals surface area contributed by atoms with Crippen molar-refractivity contribution in [2.45, 2.75) is 57.7 Å². The molecule has 3 N–H and O–H groups in total. The molecule has 0 aromatic carbocycles. The Hall–Kier alpha value is -1.33. The van der Waals surface area contributed by atoms with Gasteiger partial charge in [-0.2, -0.15) is 0 Å². The van der Waals surface area contributed by atoms with Crippen molar-refractivity contribution >= 4 is 5.91 Å². The van der Waals surface area contributed by atoms with Gasteiger partial charge in [0, 0.05) is 5.54 Å². The monoisotopic (exact) mass is 294 g/mol. The van der Waals surface area contributed by atoms with E-state index in [4.69, 9.17) is 4.42 Å². The third-order valence-corrected chi connectivity index (χ3v) is 4.47. The van der Waals surface area contributed by atoms with E-state index in [0.717, 1.165) is 31.4 Å². The molecule has 1 unspecified atom stereocenters. The van der Waals surface area contributed by atoms with Gasteiger partial charge in [-0.05, 0) is 50.7 Å². The highest BCUT2D eigenvalue weighted by molar-refractivity contribution is 5.81. The molecule has 0 spiro atoms. The first kappa shape index (κ1) is 16.0. The lowest BCUT2D eigenvalue weighted by Crippen LogP contribution is -2.57. The topological polar surface area (TPSA) is 74.5 Å². The second kappa shape index (κ2) is 7.09. The van der Waals surface area contributed by atoms with Crippen molar-refractivity contribution in [2.24, 2.45) is 5.92 Å². The molecule has 2 rings (SSSR count). The Morgan fingerprint density at radius 3 is 2.81 bits per heavy atom. The van der Waals surface area contributed by atoms with Crippen LogP contribution < -0.4 is 10.6 Å². The fourth-order valence-corrected chi connectivity index (χ4v) is 2.93. The standard InChI is InChI=1S/C16H26N2O3/c1-12-5-7-16(11-19,8-6-12)18-13(2)15(20)17-10-14-4-3-9-21-14/h3-4,9,12-13,18-19H,5-8,10-11H2,1-2H3,(H,17,20). The van der Waals surface area contributed by atoms with E-state index >= 15 is 0 Å². The molecule has 0 bridgehead atoms. The van der Waals surface area contributed by atoms with E-state index in [9.17, 15) is 9.90 Å². The summed E-state index contributed by atoms with van der Waals surface area (Å²) in [5.74, 6) is 1.37. The predicted molar refractivity (Wildman–Crippen MR) is 80.6 cm³/mol. The first-order chi connectivity index (χ1) is 10.0. The number of carbonyl (C=O) groups excluding carboxylic acids is 1. The molecule has 1 aliphatic rings. The summed E-state index contributed by atoms with van der Waals surface area (Å²) in [7, 11) is 0. The Morgan fingerprint density at radius 1 is 1.52 bits per heavy atom. The van der Waals surface area contributed by atoms with Crippen molar-refractivity contribution in [1.29, 1.82) is 0 Å². The minimum Gasteiger partial charge on any atom is -0.467 e. The van der Waals surface area contributed by atoms with Crippen LogP contribution >= 0.6 is 0 Å². The van der Waals surface area contributed by atoms with E-state index in [0.29, 0.717) is 12.5 Å². The van der Waals surface area contributed by atoms with Gasteiger partial charge in [0.25, 0.3) is 0 Å². The van der Waals surface area contributed by atoms with Crippen LogP contribution in [0.25, 0.3) is 0 Å². The zero-order valence-electron chi connectivity index (χ0n) is 12.9. The molecular formula is C16H26N2O3. The van der Waals surface area contributed by atoms with Crippen LogP contribution in [0.2, 0.25) is 0 Å². The Balaban J connectivity index is 1.84. The fraction of sp³-hybridized carbons (Fsp3) is 0.688. The predicted octanol–water partition coefficient (Wildman–Crippen LogP) is 1.82. The largest absolute Gasteiger partial charge is 0.467 e. The first-order valence-corrected chi connectivity index (χ1v) is 7.73. The van der Waals surface area contributed by atoms with Crippen molar-refractivity contribution in [3.8, 4) is 0 Å². The first-order valence-electron chi connectivity index (χ1n) is 7.73. The van der Waals surface area contributed by atoms with Crippen LogP contribution in [0, 0.1) is 5.92 Å². The third kappa shape index (κ3) is 4.32. The summed E-state index contributed by atoms with van der Waals surface area (Å²) in [6, 6.07) is 3.30. The lowest BCUT2D eigenvalue weighted by molar-refractivity contribution is -0.123. The molecule has 0 radical (unpaired) electrons. The molecule has 1 aromatic rings. The molecule has 1 fully saturated rings. The smallest absolute Gasteiger partial charge is 0.237 e. The van der Waals surface area contributed by atoms with Crippen LogP contribution in [0.4, 0.5) is 0 Å². The highest BCUT2D eigenvalue weighted by Crippen LogP contribution is 2.31. The number of aliphatic hydroxyl groups is 1. The van der Waals surface area contributed by atoms with Gasteiger partial charge < -0.3 is 14.8 Å². The fourth-order valence-electron chi connectivity index (χ4n) is 2.93. The maximum Gasteiger partial charge on any atom is 0.237 e. The second-order valence-electron chi connectivity index (χ2n) is 6.28. The minimum absolute atomic E-state index is 0.0714. The summed E-state index contributed by atoms with van der Waals surface area (Å²) in [4.78, 5) is 12.1. The van der Waals surface area contributed by atoms with Gasteiger partial charge in [-0.25, -0.2) is 0 Å². The Kier molecular flexibility index (Phi) is 5.42. The maximum absolute atomic E-state index is 12.1. The molecule has 1 amide bonds. The molecule has 0 aliphatic heterocycles. The molecule has 1 aliphatic carbocycles. The highest BCUT2D eigenvalue weighted by atomic mass is 16.3. The number of hydrogen-bond acceptors (Lipinski definition) is 4. The van der Waals surface area contributed by atoms with E-state index in [2.05, 4.69) is 17.6 Å². The summed E-state index contributed by atoms with van der Waals surface area (Å²) in [6.45, 7) is 4.55. The zero-order chi connectivity index (χ0) is 15.3. The average molecular weight is 294 g/mol. The van der Waals surface area contributed by atoms with Crippen molar-refractivity contribution in [1.82, 2.24) is 10.6 Å². The van der Waals surface area contributed by atoms with Crippen LogP contribution in [-0.4, -0.2) is 29.2 Å². The van der Waals surface area contributed by atoms with Gasteiger partial charge in [-0.1, -0.05) is 6.92 Å². The van der Waals surface area contributed by atoms with E-state index in [1.54, 1.807) is 12.3 Å². The molecular weight excluding hydrogens is 268 g/mol. The van der Waals surface area contributed by atoms with Crippen molar-refractivity contribution in [2.75, 3.05) is 6.61 Å². The number of carbonyl (C=O) groups is 1. The van der Waals surface area contributed by atoms with Crippen LogP contribution in [-0.2, 0) is 11.3 Å². The number of aliphatic hydroxyl groups excluding tert-OH is 1. The summed E-state index contributed by atoms with van der Waals surface area (Å²) in [5.41, 5.74) is -0.312. The van der Waals surface area contributed by atoms with Gasteiger partial charge in [0.1, 0.15) is 5.76 Å². The van der Waals surface area contributed by atoms with Gasteiger partial charge in [0.15, 0.2) is 0 Å². The second-order valence-corrected chi connectivity index (χ2v) is 6.28. The average Bonchev–Trinajstić information content (AvgIpc) is 3.00. The quantitative estimate of drug-likeness (QED) is 0.748. The normalized spacial score (nSPS) is 27.3. The Labute approximate surface area is 126 Å². The Morgan fingerprint density at radius 2 is 2.24 bits per heavy atom. The van der Waals surface area contributed by atoms with Gasteiger partial charge in [0.05, 0.1) is 25.5 Å². The van der Waals surface area contributed by atoms with Gasteiger partial charge in [-0.15, -0.1) is 0 Å². The number of amides is 1. The number of hydrogen-bond donors (Lipinski definition) is 3. The molecule has 1 aromatic heterocycles. The molecule has 1 atom stereocenters. The van der Waals surface area contributed by atoms with Crippen molar-refractivity contribution in [3.63, 3.8) is 0 Å². The number of rotatable bonds is 6. The van der Waals surface area contributed by atoms with Crippen LogP contribution in [0.3, 0.4) is 0 Å². The van der Waals surface area contributed by atoms with Crippen LogP contribution in [0.1, 0.15) is 45.3 Å². The van der Waals surface area contributed by atoms with Crippen molar-refractivity contribution < 1.29 is 14.3 Å². The summed E-state index contributed by atoms with van der Waals surface area (Å²) in [6.07, 6.45) is 5.61. The van der Waals surface area contributed by atoms with Crippen molar-refractivity contribution in [3.05, 3.63) is 24.2 Å². The molecule has 5 heteroatoms. The third-order valence-electron chi connectivity index (χ3n) is 4.47. The van der Waals surface area contributed by atoms with Crippen LogP contribution in [0.15, 0.2) is 22.8 Å². The van der Waals surface area contributed by atoms with E-state index in [-0.39, 0.29) is 24.1 Å². The summed E-state index contributed by atoms with van der Waals surface area (Å²) < 4.78 is 5.19. The lowest BCUT2D eigenvalue weighted by atomic mass is 9.77. The summed E-state index contributed by atoms with van der Waals surface area (Å²) >= 11 is 0. The SMILES string of the molecule is CC1CCC(CO)(NC(C)C(=O)NCc2ccco2)CC1. The van der Waals surface area contributed by atoms with Crippen LogP contribution in [0.5, 0.6) is 0 Å². The molecule has 1 saturated carbocycles. The molecule has 118 valence electrons. The molecule has 5 nitrogen and oxygen atoms in total. The van der Waals surface area contributed by atoms with E-state index in [1.807, 2.05) is 13.0 Å². The maximum atomic E-state index is 12.1. The molecule has 0 saturated heterocycles. The summed E-state index contributed by atoms with van der Waals surface area (Å²) in [5, 5.41) is 15.9. The number of nitrogens with one attached hydrogen (secondary N) is 2. The number of furan rings is 1. The van der Waals surface area contributed by atoms with Gasteiger partial charge >= 0.3 is 0 Å². The van der Waals surface area contributed by atoms with E-state index in [1.165, 1.54) is 0 Å². The Bertz CT molecular complexity index is 436. The zero-order valence-corrected chi connectivity index (χ0v) is 12.9. The highest BCUT2D eigenvalue weighted by Gasteiger charge is 2.35. The minimum atomic E-state index is -0.333. The molecule has 1 heterocycles. The van der Waals surface area contributed by atoms with Gasteiger partial charge in [0.2, 0.25) is 5.91 Å². The van der Waals surface area contributed by atoms with E-state index < -0.39 is 0 Å². The lowest BCUT2D eigenvalue weighted by Gasteiger charge is -2.40. The molecule has 21 heavy (non-hydrogen) atoms. The van der Waals surface area contributed by atoms with Gasteiger partial charge in [-0.3, -0.25) is 10.1 Å².